The van der Waals surface area contributed by atoms with Crippen molar-refractivity contribution in [2.24, 2.45) is 0 Å². The summed E-state index contributed by atoms with van der Waals surface area (Å²) in [5.74, 6) is -1.44. The van der Waals surface area contributed by atoms with Gasteiger partial charge in [0.1, 0.15) is 5.82 Å². The van der Waals surface area contributed by atoms with Crippen LogP contribution in [-0.4, -0.2) is 23.6 Å². The normalized spacial score (nSPS) is 9.80. The summed E-state index contributed by atoms with van der Waals surface area (Å²) in [6, 6.07) is 5.93. The zero-order valence-corrected chi connectivity index (χ0v) is 8.66. The molecule has 0 unspecified atom stereocenters. The van der Waals surface area contributed by atoms with Crippen LogP contribution >= 0.6 is 0 Å². The Kier molecular flexibility index (Phi) is 3.55. The molecule has 80 valence electrons. The Morgan fingerprint density at radius 2 is 2.07 bits per heavy atom. The van der Waals surface area contributed by atoms with Gasteiger partial charge in [-0.3, -0.25) is 9.59 Å². The molecule has 0 saturated heterocycles. The van der Waals surface area contributed by atoms with E-state index in [-0.39, 0.29) is 12.4 Å². The van der Waals surface area contributed by atoms with Gasteiger partial charge >= 0.3 is 0 Å². The molecule has 0 saturated carbocycles. The number of benzene rings is 1. The highest BCUT2D eigenvalue weighted by Crippen LogP contribution is 2.06. The Labute approximate surface area is 87.5 Å². The fourth-order valence-electron chi connectivity index (χ4n) is 1.25. The van der Waals surface area contributed by atoms with E-state index in [9.17, 15) is 14.0 Å². The van der Waals surface area contributed by atoms with Crippen molar-refractivity contribution >= 4 is 11.7 Å². The highest BCUT2D eigenvalue weighted by atomic mass is 19.1. The first-order valence-electron chi connectivity index (χ1n) is 4.51. The van der Waals surface area contributed by atoms with Gasteiger partial charge in [0.15, 0.2) is 0 Å². The molecule has 1 aromatic carbocycles. The molecule has 3 nitrogen and oxygen atoms in total. The zero-order chi connectivity index (χ0) is 11.4. The summed E-state index contributed by atoms with van der Waals surface area (Å²) in [5, 5.41) is 0. The summed E-state index contributed by atoms with van der Waals surface area (Å²) in [6.45, 7) is 1.45. The van der Waals surface area contributed by atoms with Crippen LogP contribution < -0.4 is 0 Å². The van der Waals surface area contributed by atoms with Crippen molar-refractivity contribution in [3.63, 3.8) is 0 Å². The average Bonchev–Trinajstić information content (AvgIpc) is 2.16. The molecule has 0 aliphatic rings. The molecule has 0 atom stereocenters. The third-order valence-corrected chi connectivity index (χ3v) is 1.96. The molecule has 4 heteroatoms. The number of carbonyl (C=O) groups excluding carboxylic acids is 2. The molecule has 1 amide bonds. The van der Waals surface area contributed by atoms with E-state index in [0.29, 0.717) is 5.56 Å². The van der Waals surface area contributed by atoms with Crippen LogP contribution in [-0.2, 0) is 16.1 Å². The van der Waals surface area contributed by atoms with Crippen LogP contribution in [0.25, 0.3) is 0 Å². The summed E-state index contributed by atoms with van der Waals surface area (Å²) in [5.41, 5.74) is 0.659. The summed E-state index contributed by atoms with van der Waals surface area (Å²) >= 11 is 0. The number of nitrogens with zero attached hydrogens (tertiary/aromatic N) is 1. The lowest BCUT2D eigenvalue weighted by molar-refractivity contribution is -0.143. The Balaban J connectivity index is 2.70. The summed E-state index contributed by atoms with van der Waals surface area (Å²) < 4.78 is 12.8. The average molecular weight is 209 g/mol. The van der Waals surface area contributed by atoms with Gasteiger partial charge in [0.2, 0.25) is 5.78 Å². The van der Waals surface area contributed by atoms with E-state index in [4.69, 9.17) is 0 Å². The lowest BCUT2D eigenvalue weighted by Gasteiger charge is -2.15. The van der Waals surface area contributed by atoms with Crippen LogP contribution in [0.2, 0.25) is 0 Å². The maximum atomic E-state index is 12.8. The molecule has 0 heterocycles. The van der Waals surface area contributed by atoms with Crippen LogP contribution in [0.3, 0.4) is 0 Å². The molecular formula is C11H12FNO2. The summed E-state index contributed by atoms with van der Waals surface area (Å²) in [7, 11) is 1.51. The van der Waals surface area contributed by atoms with Crippen molar-refractivity contribution < 1.29 is 14.0 Å². The van der Waals surface area contributed by atoms with Crippen molar-refractivity contribution in [1.82, 2.24) is 4.90 Å². The second kappa shape index (κ2) is 4.68. The third-order valence-electron chi connectivity index (χ3n) is 1.96. The van der Waals surface area contributed by atoms with Gasteiger partial charge in [-0.15, -0.1) is 0 Å². The Morgan fingerprint density at radius 1 is 1.40 bits per heavy atom. The van der Waals surface area contributed by atoms with Crippen molar-refractivity contribution in [2.75, 3.05) is 7.05 Å². The molecule has 0 aromatic heterocycles. The van der Waals surface area contributed by atoms with E-state index >= 15 is 0 Å². The first-order chi connectivity index (χ1) is 7.00. The maximum absolute atomic E-state index is 12.8. The SMILES string of the molecule is CC(=O)C(=O)N(C)Cc1cccc(F)c1. The Hall–Kier alpha value is -1.71. The smallest absolute Gasteiger partial charge is 0.289 e. The molecule has 0 spiro atoms. The number of ketones is 1. The van der Waals surface area contributed by atoms with Gasteiger partial charge in [0, 0.05) is 20.5 Å². The number of carbonyl (C=O) groups is 2. The number of amides is 1. The van der Waals surface area contributed by atoms with Crippen molar-refractivity contribution in [3.05, 3.63) is 35.6 Å². The minimum Gasteiger partial charge on any atom is -0.335 e. The highest BCUT2D eigenvalue weighted by Gasteiger charge is 2.13. The molecular weight excluding hydrogens is 197 g/mol. The fraction of sp³-hybridized carbons (Fsp3) is 0.273. The molecule has 15 heavy (non-hydrogen) atoms. The molecule has 0 radical (unpaired) electrons. The second-order valence-corrected chi connectivity index (χ2v) is 3.35. The number of Topliss-reactive ketones (excluding diaryl/α,β-unsaturated/α-hetero) is 1. The minimum atomic E-state index is -0.570. The monoisotopic (exact) mass is 209 g/mol. The van der Waals surface area contributed by atoms with E-state index in [0.717, 1.165) is 0 Å². The molecule has 0 fully saturated rings. The number of hydrogen-bond acceptors (Lipinski definition) is 2. The van der Waals surface area contributed by atoms with Crippen molar-refractivity contribution in [1.29, 1.82) is 0 Å². The fourth-order valence-corrected chi connectivity index (χ4v) is 1.25. The van der Waals surface area contributed by atoms with Gasteiger partial charge in [-0.1, -0.05) is 12.1 Å². The first kappa shape index (κ1) is 11.4. The number of likely N-dealkylation sites (N-methyl/N-ethyl adjacent to an activating group) is 1. The topological polar surface area (TPSA) is 37.4 Å². The van der Waals surface area contributed by atoms with Crippen LogP contribution in [0.15, 0.2) is 24.3 Å². The van der Waals surface area contributed by atoms with Gasteiger partial charge in [-0.25, -0.2) is 4.39 Å². The molecule has 0 aliphatic carbocycles. The van der Waals surface area contributed by atoms with Gasteiger partial charge < -0.3 is 4.90 Å². The predicted molar refractivity (Wildman–Crippen MR) is 53.6 cm³/mol. The van der Waals surface area contributed by atoms with Gasteiger partial charge in [0.05, 0.1) is 0 Å². The van der Waals surface area contributed by atoms with E-state index < -0.39 is 11.7 Å². The minimum absolute atomic E-state index is 0.232. The van der Waals surface area contributed by atoms with Gasteiger partial charge in [-0.2, -0.15) is 0 Å². The predicted octanol–water partition coefficient (Wildman–Crippen LogP) is 1.37. The van der Waals surface area contributed by atoms with Crippen LogP contribution in [0.4, 0.5) is 4.39 Å². The first-order valence-corrected chi connectivity index (χ1v) is 4.51. The highest BCUT2D eigenvalue weighted by molar-refractivity contribution is 6.34. The molecule has 0 bridgehead atoms. The van der Waals surface area contributed by atoms with E-state index in [2.05, 4.69) is 0 Å². The summed E-state index contributed by atoms with van der Waals surface area (Å²) in [6.07, 6.45) is 0. The largest absolute Gasteiger partial charge is 0.335 e. The lowest BCUT2D eigenvalue weighted by Crippen LogP contribution is -2.31. The quantitative estimate of drug-likeness (QED) is 0.705. The van der Waals surface area contributed by atoms with Crippen molar-refractivity contribution in [3.8, 4) is 0 Å². The molecule has 1 aromatic rings. The van der Waals surface area contributed by atoms with Crippen LogP contribution in [0, 0.1) is 5.82 Å². The molecule has 0 N–H and O–H groups in total. The van der Waals surface area contributed by atoms with Crippen LogP contribution in [0.1, 0.15) is 12.5 Å². The Bertz CT molecular complexity index is 390. The third kappa shape index (κ3) is 3.16. The molecule has 0 aliphatic heterocycles. The summed E-state index contributed by atoms with van der Waals surface area (Å²) in [4.78, 5) is 23.3. The van der Waals surface area contributed by atoms with Gasteiger partial charge in [0.25, 0.3) is 5.91 Å². The van der Waals surface area contributed by atoms with E-state index in [1.165, 1.54) is 31.0 Å². The van der Waals surface area contributed by atoms with E-state index in [1.54, 1.807) is 12.1 Å². The molecule has 1 rings (SSSR count). The maximum Gasteiger partial charge on any atom is 0.289 e. The van der Waals surface area contributed by atoms with Crippen LogP contribution in [0.5, 0.6) is 0 Å². The van der Waals surface area contributed by atoms with Crippen molar-refractivity contribution in [2.45, 2.75) is 13.5 Å². The number of rotatable bonds is 3. The standard InChI is InChI=1S/C11H12FNO2/c1-8(14)11(15)13(2)7-9-4-3-5-10(12)6-9/h3-6H,7H2,1-2H3. The van der Waals surface area contributed by atoms with Gasteiger partial charge in [-0.05, 0) is 17.7 Å². The second-order valence-electron chi connectivity index (χ2n) is 3.35. The van der Waals surface area contributed by atoms with E-state index in [1.807, 2.05) is 0 Å². The Morgan fingerprint density at radius 3 is 2.60 bits per heavy atom. The number of hydrogen-bond donors (Lipinski definition) is 0. The number of halogens is 1. The lowest BCUT2D eigenvalue weighted by atomic mass is 10.2. The zero-order valence-electron chi connectivity index (χ0n) is 8.66.